The van der Waals surface area contributed by atoms with Gasteiger partial charge < -0.3 is 5.73 Å². The van der Waals surface area contributed by atoms with Crippen LogP contribution in [0.15, 0.2) is 15.9 Å². The number of nitrogens with one attached hydrogen (secondary N) is 1. The third-order valence-electron chi connectivity index (χ3n) is 2.76. The van der Waals surface area contributed by atoms with Crippen molar-refractivity contribution in [3.05, 3.63) is 27.8 Å². The van der Waals surface area contributed by atoms with Gasteiger partial charge in [0, 0.05) is 30.2 Å². The molecule has 0 spiro atoms. The van der Waals surface area contributed by atoms with Gasteiger partial charge in [-0.2, -0.15) is 9.40 Å². The Labute approximate surface area is 115 Å². The quantitative estimate of drug-likeness (QED) is 0.834. The van der Waals surface area contributed by atoms with E-state index in [2.05, 4.69) is 15.2 Å². The molecule has 0 bridgehead atoms. The maximum atomic E-state index is 12.4. The van der Waals surface area contributed by atoms with Gasteiger partial charge in [0.2, 0.25) is 0 Å². The predicted molar refractivity (Wildman–Crippen MR) is 72.0 cm³/mol. The second-order valence-electron chi connectivity index (χ2n) is 4.08. The molecule has 9 heteroatoms. The summed E-state index contributed by atoms with van der Waals surface area (Å²) in [4.78, 5) is 4.07. The summed E-state index contributed by atoms with van der Waals surface area (Å²) in [5.74, 6) is 0. The monoisotopic (exact) mass is 301 g/mol. The SMILES string of the molecule is Cc1[nH]nc(S(=O)(=O)N(C)Cc2cscn2)c1CN. The summed E-state index contributed by atoms with van der Waals surface area (Å²) in [7, 11) is -2.16. The summed E-state index contributed by atoms with van der Waals surface area (Å²) in [5, 5.41) is 8.32. The molecule has 2 aromatic rings. The molecular weight excluding hydrogens is 286 g/mol. The molecule has 0 atom stereocenters. The lowest BCUT2D eigenvalue weighted by Crippen LogP contribution is -2.28. The number of H-pyrrole nitrogens is 1. The van der Waals surface area contributed by atoms with E-state index in [1.807, 2.05) is 5.38 Å². The van der Waals surface area contributed by atoms with Gasteiger partial charge in [0.1, 0.15) is 0 Å². The summed E-state index contributed by atoms with van der Waals surface area (Å²) in [5.41, 5.74) is 9.14. The highest BCUT2D eigenvalue weighted by Gasteiger charge is 2.27. The van der Waals surface area contributed by atoms with Crippen LogP contribution < -0.4 is 5.73 Å². The van der Waals surface area contributed by atoms with Crippen molar-refractivity contribution < 1.29 is 8.42 Å². The van der Waals surface area contributed by atoms with Crippen LogP contribution in [0.25, 0.3) is 0 Å². The van der Waals surface area contributed by atoms with Gasteiger partial charge in [-0.3, -0.25) is 5.10 Å². The van der Waals surface area contributed by atoms with E-state index >= 15 is 0 Å². The Morgan fingerprint density at radius 2 is 2.26 bits per heavy atom. The molecule has 19 heavy (non-hydrogen) atoms. The molecule has 0 aliphatic carbocycles. The zero-order chi connectivity index (χ0) is 14.0. The number of nitrogens with zero attached hydrogens (tertiary/aromatic N) is 3. The van der Waals surface area contributed by atoms with Crippen molar-refractivity contribution in [1.29, 1.82) is 0 Å². The molecule has 0 radical (unpaired) electrons. The van der Waals surface area contributed by atoms with E-state index in [1.165, 1.54) is 22.7 Å². The van der Waals surface area contributed by atoms with Gasteiger partial charge in [-0.15, -0.1) is 11.3 Å². The number of aromatic nitrogens is 3. The first kappa shape index (κ1) is 14.1. The highest BCUT2D eigenvalue weighted by Crippen LogP contribution is 2.20. The number of sulfonamides is 1. The van der Waals surface area contributed by atoms with Crippen LogP contribution in [0.1, 0.15) is 17.0 Å². The molecule has 0 saturated heterocycles. The summed E-state index contributed by atoms with van der Waals surface area (Å²) in [6.07, 6.45) is 0. The average molecular weight is 301 g/mol. The highest BCUT2D eigenvalue weighted by molar-refractivity contribution is 7.89. The van der Waals surface area contributed by atoms with E-state index < -0.39 is 10.0 Å². The van der Waals surface area contributed by atoms with Gasteiger partial charge in [0.05, 0.1) is 17.7 Å². The standard InChI is InChI=1S/C10H15N5O2S2/c1-7-9(3-11)10(14-13-7)19(16,17)15(2)4-8-5-18-6-12-8/h5-6H,3-4,11H2,1-2H3,(H,13,14). The lowest BCUT2D eigenvalue weighted by molar-refractivity contribution is 0.459. The molecule has 2 aromatic heterocycles. The summed E-state index contributed by atoms with van der Waals surface area (Å²) in [6.45, 7) is 2.08. The third kappa shape index (κ3) is 2.68. The Morgan fingerprint density at radius 3 is 2.84 bits per heavy atom. The van der Waals surface area contributed by atoms with E-state index in [1.54, 1.807) is 12.4 Å². The van der Waals surface area contributed by atoms with Crippen LogP contribution in [-0.2, 0) is 23.1 Å². The Balaban J connectivity index is 2.31. The van der Waals surface area contributed by atoms with Crippen LogP contribution in [0.3, 0.4) is 0 Å². The van der Waals surface area contributed by atoms with Gasteiger partial charge in [0.25, 0.3) is 10.0 Å². The Kier molecular flexibility index (Phi) is 3.99. The number of aryl methyl sites for hydroxylation is 1. The second kappa shape index (κ2) is 5.37. The number of rotatable bonds is 5. The molecule has 0 aliphatic heterocycles. The first-order chi connectivity index (χ1) is 8.96. The largest absolute Gasteiger partial charge is 0.326 e. The van der Waals surface area contributed by atoms with E-state index in [4.69, 9.17) is 5.73 Å². The molecule has 2 rings (SSSR count). The molecule has 0 amide bonds. The van der Waals surface area contributed by atoms with Crippen LogP contribution in [0.4, 0.5) is 0 Å². The minimum Gasteiger partial charge on any atom is -0.326 e. The van der Waals surface area contributed by atoms with E-state index in [0.717, 1.165) is 0 Å². The normalized spacial score (nSPS) is 12.2. The minimum atomic E-state index is -3.66. The fraction of sp³-hybridized carbons (Fsp3) is 0.400. The smallest absolute Gasteiger partial charge is 0.262 e. The first-order valence-corrected chi connectivity index (χ1v) is 7.92. The molecule has 7 nitrogen and oxygen atoms in total. The summed E-state index contributed by atoms with van der Waals surface area (Å²) < 4.78 is 26.0. The predicted octanol–water partition coefficient (Wildman–Crippen LogP) is 0.454. The second-order valence-corrected chi connectivity index (χ2v) is 6.76. The maximum Gasteiger partial charge on any atom is 0.262 e. The van der Waals surface area contributed by atoms with E-state index in [9.17, 15) is 8.42 Å². The van der Waals surface area contributed by atoms with Gasteiger partial charge in [-0.25, -0.2) is 13.4 Å². The van der Waals surface area contributed by atoms with Crippen LogP contribution in [0.5, 0.6) is 0 Å². The van der Waals surface area contributed by atoms with Crippen molar-refractivity contribution in [2.24, 2.45) is 5.73 Å². The molecule has 0 fully saturated rings. The third-order valence-corrected chi connectivity index (χ3v) is 5.17. The van der Waals surface area contributed by atoms with Crippen LogP contribution in [-0.4, -0.2) is 35.0 Å². The van der Waals surface area contributed by atoms with Crippen molar-refractivity contribution in [3.63, 3.8) is 0 Å². The number of thiazole rings is 1. The van der Waals surface area contributed by atoms with Gasteiger partial charge in [-0.05, 0) is 6.92 Å². The average Bonchev–Trinajstić information content (AvgIpc) is 2.98. The maximum absolute atomic E-state index is 12.4. The van der Waals surface area contributed by atoms with Crippen LogP contribution in [0, 0.1) is 6.92 Å². The first-order valence-electron chi connectivity index (χ1n) is 5.54. The topological polar surface area (TPSA) is 105 Å². The van der Waals surface area contributed by atoms with Gasteiger partial charge in [-0.1, -0.05) is 0 Å². The molecule has 3 N–H and O–H groups in total. The molecule has 0 saturated carbocycles. The van der Waals surface area contributed by atoms with Gasteiger partial charge in [0.15, 0.2) is 5.03 Å². The fourth-order valence-electron chi connectivity index (χ4n) is 1.66. The number of hydrogen-bond acceptors (Lipinski definition) is 6. The van der Waals surface area contributed by atoms with Crippen molar-refractivity contribution in [2.45, 2.75) is 25.0 Å². The Bertz CT molecular complexity index is 648. The molecule has 2 heterocycles. The molecule has 104 valence electrons. The summed E-state index contributed by atoms with van der Waals surface area (Å²) in [6, 6.07) is 0. The van der Waals surface area contributed by atoms with E-state index in [-0.39, 0.29) is 18.1 Å². The minimum absolute atomic E-state index is 0.00905. The fourth-order valence-corrected chi connectivity index (χ4v) is 3.52. The van der Waals surface area contributed by atoms with Crippen molar-refractivity contribution in [1.82, 2.24) is 19.5 Å². The van der Waals surface area contributed by atoms with Crippen molar-refractivity contribution in [2.75, 3.05) is 7.05 Å². The number of aromatic amines is 1. The molecule has 0 unspecified atom stereocenters. The van der Waals surface area contributed by atoms with Crippen molar-refractivity contribution >= 4 is 21.4 Å². The zero-order valence-electron chi connectivity index (χ0n) is 10.6. The zero-order valence-corrected chi connectivity index (χ0v) is 12.3. The molecule has 0 aromatic carbocycles. The van der Waals surface area contributed by atoms with Crippen LogP contribution in [0.2, 0.25) is 0 Å². The lowest BCUT2D eigenvalue weighted by atomic mass is 10.3. The Hall–Kier alpha value is -1.29. The Morgan fingerprint density at radius 1 is 1.53 bits per heavy atom. The number of hydrogen-bond donors (Lipinski definition) is 2. The lowest BCUT2D eigenvalue weighted by Gasteiger charge is -2.15. The molecular formula is C10H15N5O2S2. The molecule has 0 aliphatic rings. The summed E-state index contributed by atoms with van der Waals surface area (Å²) >= 11 is 1.43. The number of nitrogens with two attached hydrogens (primary N) is 1. The highest BCUT2D eigenvalue weighted by atomic mass is 32.2. The van der Waals surface area contributed by atoms with E-state index in [0.29, 0.717) is 17.0 Å². The van der Waals surface area contributed by atoms with Crippen molar-refractivity contribution in [3.8, 4) is 0 Å². The van der Waals surface area contributed by atoms with Gasteiger partial charge >= 0.3 is 0 Å². The van der Waals surface area contributed by atoms with Crippen LogP contribution >= 0.6 is 11.3 Å².